The zero-order valence-corrected chi connectivity index (χ0v) is 14.3. The summed E-state index contributed by atoms with van der Waals surface area (Å²) in [5.41, 5.74) is 1.42. The lowest BCUT2D eigenvalue weighted by atomic mass is 9.92. The maximum absolute atomic E-state index is 3.76. The minimum absolute atomic E-state index is 0.468. The van der Waals surface area contributed by atoms with E-state index in [1.54, 1.807) is 0 Å². The molecule has 1 aromatic carbocycles. The number of benzene rings is 1. The van der Waals surface area contributed by atoms with Gasteiger partial charge >= 0.3 is 0 Å². The second-order valence-electron chi connectivity index (χ2n) is 7.36. The van der Waals surface area contributed by atoms with Crippen molar-refractivity contribution >= 4 is 0 Å². The van der Waals surface area contributed by atoms with Crippen molar-refractivity contribution in [3.05, 3.63) is 35.9 Å². The third kappa shape index (κ3) is 4.31. The molecule has 0 amide bonds. The zero-order chi connectivity index (χ0) is 15.4. The van der Waals surface area contributed by atoms with Gasteiger partial charge in [-0.05, 0) is 30.7 Å². The topological polar surface area (TPSA) is 15.3 Å². The van der Waals surface area contributed by atoms with E-state index in [4.69, 9.17) is 0 Å². The quantitative estimate of drug-likeness (QED) is 0.878. The normalized spacial score (nSPS) is 25.5. The van der Waals surface area contributed by atoms with Gasteiger partial charge in [0, 0.05) is 31.2 Å². The van der Waals surface area contributed by atoms with E-state index < -0.39 is 0 Å². The number of nitrogens with zero attached hydrogens (tertiary/aromatic N) is 1. The molecular weight excluding hydrogens is 256 g/mol. The summed E-state index contributed by atoms with van der Waals surface area (Å²) in [5, 5.41) is 3.76. The Hall–Kier alpha value is -0.860. The van der Waals surface area contributed by atoms with E-state index in [9.17, 15) is 0 Å². The van der Waals surface area contributed by atoms with Crippen LogP contribution in [0.3, 0.4) is 0 Å². The Bertz CT molecular complexity index is 413. The Morgan fingerprint density at radius 1 is 1.10 bits per heavy atom. The first-order valence-electron chi connectivity index (χ1n) is 8.53. The number of rotatable bonds is 5. The molecule has 1 heterocycles. The van der Waals surface area contributed by atoms with Crippen LogP contribution in [-0.4, -0.2) is 30.1 Å². The molecule has 118 valence electrons. The molecule has 21 heavy (non-hydrogen) atoms. The largest absolute Gasteiger partial charge is 0.307 e. The van der Waals surface area contributed by atoms with Gasteiger partial charge in [0.05, 0.1) is 0 Å². The molecule has 1 saturated heterocycles. The summed E-state index contributed by atoms with van der Waals surface area (Å²) in [7, 11) is 0. The molecule has 0 spiro atoms. The molecule has 2 nitrogen and oxygen atoms in total. The second-order valence-corrected chi connectivity index (χ2v) is 7.36. The number of nitrogens with one attached hydrogen (secondary N) is 1. The molecule has 1 N–H and O–H groups in total. The Morgan fingerprint density at radius 3 is 2.33 bits per heavy atom. The van der Waals surface area contributed by atoms with Crippen LogP contribution < -0.4 is 5.32 Å². The fourth-order valence-electron chi connectivity index (χ4n) is 3.64. The second kappa shape index (κ2) is 7.42. The molecule has 0 saturated carbocycles. The lowest BCUT2D eigenvalue weighted by Gasteiger charge is -2.46. The SMILES string of the molecule is CC(C)CC(C)N1CC(c2ccccc2)NCC1C(C)C. The van der Waals surface area contributed by atoms with E-state index in [0.29, 0.717) is 24.0 Å². The molecular formula is C19H32N2. The van der Waals surface area contributed by atoms with Crippen molar-refractivity contribution in [2.45, 2.75) is 59.2 Å². The summed E-state index contributed by atoms with van der Waals surface area (Å²) >= 11 is 0. The first-order valence-corrected chi connectivity index (χ1v) is 8.53. The smallest absolute Gasteiger partial charge is 0.0450 e. The van der Waals surface area contributed by atoms with E-state index in [1.165, 1.54) is 12.0 Å². The Labute approximate surface area is 130 Å². The fourth-order valence-corrected chi connectivity index (χ4v) is 3.64. The van der Waals surface area contributed by atoms with Crippen molar-refractivity contribution in [3.63, 3.8) is 0 Å². The fraction of sp³-hybridized carbons (Fsp3) is 0.684. The Balaban J connectivity index is 2.12. The molecule has 0 radical (unpaired) electrons. The van der Waals surface area contributed by atoms with Gasteiger partial charge in [-0.2, -0.15) is 0 Å². The van der Waals surface area contributed by atoms with Crippen LogP contribution in [0, 0.1) is 11.8 Å². The molecule has 3 atom stereocenters. The minimum atomic E-state index is 0.468. The van der Waals surface area contributed by atoms with Gasteiger partial charge in [-0.15, -0.1) is 0 Å². The average Bonchev–Trinajstić information content (AvgIpc) is 2.46. The van der Waals surface area contributed by atoms with Crippen molar-refractivity contribution in [2.24, 2.45) is 11.8 Å². The summed E-state index contributed by atoms with van der Waals surface area (Å²) in [6, 6.07) is 12.7. The molecule has 1 aliphatic heterocycles. The van der Waals surface area contributed by atoms with Gasteiger partial charge in [0.25, 0.3) is 0 Å². The maximum Gasteiger partial charge on any atom is 0.0450 e. The predicted molar refractivity (Wildman–Crippen MR) is 91.4 cm³/mol. The summed E-state index contributed by atoms with van der Waals surface area (Å²) in [6.45, 7) is 14.0. The van der Waals surface area contributed by atoms with Crippen LogP contribution in [0.1, 0.15) is 52.6 Å². The first kappa shape index (κ1) is 16.5. The lowest BCUT2D eigenvalue weighted by molar-refractivity contribution is 0.0536. The van der Waals surface area contributed by atoms with Crippen molar-refractivity contribution in [1.29, 1.82) is 0 Å². The average molecular weight is 288 g/mol. The summed E-state index contributed by atoms with van der Waals surface area (Å²) < 4.78 is 0. The highest BCUT2D eigenvalue weighted by Gasteiger charge is 2.33. The highest BCUT2D eigenvalue weighted by Crippen LogP contribution is 2.27. The third-order valence-electron chi connectivity index (χ3n) is 4.74. The van der Waals surface area contributed by atoms with E-state index >= 15 is 0 Å². The van der Waals surface area contributed by atoms with Crippen molar-refractivity contribution in [2.75, 3.05) is 13.1 Å². The van der Waals surface area contributed by atoms with Crippen LogP contribution in [-0.2, 0) is 0 Å². The zero-order valence-electron chi connectivity index (χ0n) is 14.3. The van der Waals surface area contributed by atoms with Crippen LogP contribution >= 0.6 is 0 Å². The Kier molecular flexibility index (Phi) is 5.83. The minimum Gasteiger partial charge on any atom is -0.307 e. The van der Waals surface area contributed by atoms with Crippen molar-refractivity contribution in [3.8, 4) is 0 Å². The van der Waals surface area contributed by atoms with Gasteiger partial charge in [0.2, 0.25) is 0 Å². The number of hydrogen-bond acceptors (Lipinski definition) is 2. The summed E-state index contributed by atoms with van der Waals surface area (Å²) in [5.74, 6) is 1.46. The molecule has 0 aromatic heterocycles. The van der Waals surface area contributed by atoms with Crippen LogP contribution in [0.25, 0.3) is 0 Å². The number of hydrogen-bond donors (Lipinski definition) is 1. The van der Waals surface area contributed by atoms with Gasteiger partial charge in [-0.25, -0.2) is 0 Å². The molecule has 0 bridgehead atoms. The highest BCUT2D eigenvalue weighted by atomic mass is 15.3. The molecule has 1 aliphatic rings. The standard InChI is InChI=1S/C19H32N2/c1-14(2)11-16(5)21-13-18(17-9-7-6-8-10-17)20-12-19(21)15(3)4/h6-10,14-16,18-20H,11-13H2,1-5H3. The molecule has 0 aliphatic carbocycles. The lowest BCUT2D eigenvalue weighted by Crippen LogP contribution is -2.57. The number of piperazine rings is 1. The van der Waals surface area contributed by atoms with Gasteiger partial charge in [0.1, 0.15) is 0 Å². The monoisotopic (exact) mass is 288 g/mol. The molecule has 2 rings (SSSR count). The predicted octanol–water partition coefficient (Wildman–Crippen LogP) is 4.09. The van der Waals surface area contributed by atoms with Gasteiger partial charge in [-0.1, -0.05) is 58.0 Å². The van der Waals surface area contributed by atoms with Crippen LogP contribution in [0.4, 0.5) is 0 Å². The van der Waals surface area contributed by atoms with Gasteiger partial charge in [0.15, 0.2) is 0 Å². The van der Waals surface area contributed by atoms with Crippen LogP contribution in [0.5, 0.6) is 0 Å². The Morgan fingerprint density at radius 2 is 1.76 bits per heavy atom. The van der Waals surface area contributed by atoms with Crippen molar-refractivity contribution < 1.29 is 0 Å². The van der Waals surface area contributed by atoms with E-state index in [2.05, 4.69) is 75.2 Å². The van der Waals surface area contributed by atoms with Gasteiger partial charge in [-0.3, -0.25) is 4.90 Å². The summed E-state index contributed by atoms with van der Waals surface area (Å²) in [4.78, 5) is 2.75. The van der Waals surface area contributed by atoms with Crippen molar-refractivity contribution in [1.82, 2.24) is 10.2 Å². The molecule has 1 fully saturated rings. The van der Waals surface area contributed by atoms with Crippen LogP contribution in [0.15, 0.2) is 30.3 Å². The van der Waals surface area contributed by atoms with E-state index in [-0.39, 0.29) is 0 Å². The third-order valence-corrected chi connectivity index (χ3v) is 4.74. The van der Waals surface area contributed by atoms with Gasteiger partial charge < -0.3 is 5.32 Å². The molecule has 2 heteroatoms. The van der Waals surface area contributed by atoms with Crippen LogP contribution in [0.2, 0.25) is 0 Å². The van der Waals surface area contributed by atoms with E-state index in [0.717, 1.165) is 19.0 Å². The molecule has 3 unspecified atom stereocenters. The molecule has 1 aromatic rings. The van der Waals surface area contributed by atoms with E-state index in [1.807, 2.05) is 0 Å². The summed E-state index contributed by atoms with van der Waals surface area (Å²) in [6.07, 6.45) is 1.28. The maximum atomic E-state index is 3.76. The first-order chi connectivity index (χ1) is 9.99. The highest BCUT2D eigenvalue weighted by molar-refractivity contribution is 5.20.